The van der Waals surface area contributed by atoms with E-state index in [1.54, 1.807) is 0 Å². The van der Waals surface area contributed by atoms with E-state index in [0.29, 0.717) is 56.8 Å². The Hall–Kier alpha value is -0.130. The van der Waals surface area contributed by atoms with E-state index in [1.165, 1.54) is 135 Å². The third-order valence-electron chi connectivity index (χ3n) is 13.5. The largest absolute Gasteiger partial charge is 0.557 e. The summed E-state index contributed by atoms with van der Waals surface area (Å²) < 4.78 is 50.7. The van der Waals surface area contributed by atoms with Gasteiger partial charge < -0.3 is 14.2 Å². The van der Waals surface area contributed by atoms with Gasteiger partial charge in [-0.15, -0.1) is 14.0 Å². The molecule has 11 heteroatoms. The van der Waals surface area contributed by atoms with Gasteiger partial charge in [-0.1, -0.05) is 274 Å². The summed E-state index contributed by atoms with van der Waals surface area (Å²) in [5.41, 5.74) is 0. The third kappa shape index (κ3) is 53.1. The maximum Gasteiger partial charge on any atom is 0.557 e. The standard InChI is InChI=1S/C60H123O10P/c1-10-13-16-19-22-25-28-31-40-49-58(62-52-43-34-37-46-55(4)5)65-68-71(61,69-66-59(63-53-44-35-38-47-56(6)7)50-41-32-29-26-23-20-17-14-11-2)70-67-60(64-54-45-36-39-48-57(8)9)51-42-33-30-27-24-21-18-15-12-3/h55-60H,10-54H2,1-9H3. The van der Waals surface area contributed by atoms with Crippen molar-refractivity contribution >= 4 is 7.82 Å². The zero-order chi connectivity index (χ0) is 52.1. The predicted molar refractivity (Wildman–Crippen MR) is 299 cm³/mol. The Kier molecular flexibility index (Phi) is 54.6. The Balaban J connectivity index is 6.14. The Bertz CT molecular complexity index is 951. The molecular weight excluding hydrogens is 912 g/mol. The Morgan fingerprint density at radius 3 is 0.690 bits per heavy atom. The molecule has 3 atom stereocenters. The van der Waals surface area contributed by atoms with E-state index in [1.807, 2.05) is 0 Å². The number of hydrogen-bond acceptors (Lipinski definition) is 10. The van der Waals surface area contributed by atoms with Crippen molar-refractivity contribution in [2.75, 3.05) is 19.8 Å². The second-order valence-corrected chi connectivity index (χ2v) is 23.8. The van der Waals surface area contributed by atoms with E-state index in [2.05, 4.69) is 62.3 Å². The molecule has 0 radical (unpaired) electrons. The lowest BCUT2D eigenvalue weighted by molar-refractivity contribution is -0.404. The van der Waals surface area contributed by atoms with Crippen molar-refractivity contribution in [3.05, 3.63) is 0 Å². The van der Waals surface area contributed by atoms with Gasteiger partial charge >= 0.3 is 7.82 Å². The lowest BCUT2D eigenvalue weighted by Gasteiger charge is -2.24. The van der Waals surface area contributed by atoms with Gasteiger partial charge in [0.2, 0.25) is 0 Å². The fourth-order valence-electron chi connectivity index (χ4n) is 8.82. The Morgan fingerprint density at radius 2 is 0.465 bits per heavy atom. The summed E-state index contributed by atoms with van der Waals surface area (Å²) in [6.07, 6.45) is 45.0. The van der Waals surface area contributed by atoms with E-state index in [4.69, 9.17) is 42.9 Å². The van der Waals surface area contributed by atoms with Gasteiger partial charge in [0.15, 0.2) is 18.9 Å². The van der Waals surface area contributed by atoms with Crippen LogP contribution in [0.1, 0.15) is 332 Å². The maximum atomic E-state index is 14.7. The molecule has 0 bridgehead atoms. The quantitative estimate of drug-likeness (QED) is 0.0192. The average Bonchev–Trinajstić information content (AvgIpc) is 3.34. The molecule has 0 aromatic carbocycles. The molecule has 10 nitrogen and oxygen atoms in total. The molecule has 0 N–H and O–H groups in total. The van der Waals surface area contributed by atoms with Crippen LogP contribution in [0.4, 0.5) is 0 Å². The van der Waals surface area contributed by atoms with Crippen LogP contribution in [0.5, 0.6) is 0 Å². The number of phosphoric acid groups is 1. The highest BCUT2D eigenvalue weighted by molar-refractivity contribution is 7.48. The molecule has 3 unspecified atom stereocenters. The minimum atomic E-state index is -4.66. The third-order valence-corrected chi connectivity index (χ3v) is 14.3. The molecule has 0 aromatic rings. The summed E-state index contributed by atoms with van der Waals surface area (Å²) in [5.74, 6) is 2.04. The van der Waals surface area contributed by atoms with Gasteiger partial charge in [-0.05, 0) is 56.3 Å². The van der Waals surface area contributed by atoms with E-state index < -0.39 is 26.7 Å². The highest BCUT2D eigenvalue weighted by atomic mass is 31.2. The van der Waals surface area contributed by atoms with Gasteiger partial charge in [-0.2, -0.15) is 14.7 Å². The van der Waals surface area contributed by atoms with Gasteiger partial charge in [-0.25, -0.2) is 4.57 Å². The highest BCUT2D eigenvalue weighted by Crippen LogP contribution is 2.51. The molecule has 0 heterocycles. The molecule has 0 aliphatic carbocycles. The summed E-state index contributed by atoms with van der Waals surface area (Å²) >= 11 is 0. The Morgan fingerprint density at radius 1 is 0.268 bits per heavy atom. The minimum absolute atomic E-state index is 0.514. The highest BCUT2D eigenvalue weighted by Gasteiger charge is 2.37. The molecule has 0 saturated heterocycles. The van der Waals surface area contributed by atoms with Crippen molar-refractivity contribution in [1.82, 2.24) is 0 Å². The molecular formula is C60H123O10P. The summed E-state index contributed by atoms with van der Waals surface area (Å²) in [4.78, 5) is 17.8. The summed E-state index contributed by atoms with van der Waals surface area (Å²) in [5, 5.41) is 0. The van der Waals surface area contributed by atoms with E-state index in [9.17, 15) is 4.57 Å². The number of hydrogen-bond donors (Lipinski definition) is 0. The van der Waals surface area contributed by atoms with Crippen molar-refractivity contribution < 1.29 is 47.5 Å². The second-order valence-electron chi connectivity index (χ2n) is 22.4. The maximum absolute atomic E-state index is 14.7. The average molecular weight is 1040 g/mol. The summed E-state index contributed by atoms with van der Waals surface area (Å²) in [6.45, 7) is 21.9. The first-order valence-corrected chi connectivity index (χ1v) is 32.5. The summed E-state index contributed by atoms with van der Waals surface area (Å²) in [6, 6.07) is 0. The predicted octanol–water partition coefficient (Wildman–Crippen LogP) is 21.4. The number of rotatable bonds is 60. The van der Waals surface area contributed by atoms with Crippen LogP contribution in [-0.2, 0) is 47.5 Å². The van der Waals surface area contributed by atoms with Crippen LogP contribution in [0.25, 0.3) is 0 Å². The normalized spacial score (nSPS) is 14.3. The van der Waals surface area contributed by atoms with Crippen LogP contribution in [0.2, 0.25) is 0 Å². The monoisotopic (exact) mass is 1030 g/mol. The van der Waals surface area contributed by atoms with Crippen LogP contribution < -0.4 is 0 Å². The van der Waals surface area contributed by atoms with Gasteiger partial charge in [0.25, 0.3) is 0 Å². The fourth-order valence-corrected chi connectivity index (χ4v) is 9.50. The molecule has 0 aliphatic heterocycles. The first kappa shape index (κ1) is 70.9. The molecule has 0 aliphatic rings. The van der Waals surface area contributed by atoms with Gasteiger partial charge in [0, 0.05) is 39.1 Å². The van der Waals surface area contributed by atoms with Crippen molar-refractivity contribution in [2.45, 2.75) is 351 Å². The first-order chi connectivity index (χ1) is 34.5. The molecule has 0 amide bonds. The van der Waals surface area contributed by atoms with Gasteiger partial charge in [-0.3, -0.25) is 0 Å². The molecule has 0 saturated carbocycles. The fraction of sp³-hybridized carbons (Fsp3) is 1.00. The van der Waals surface area contributed by atoms with E-state index >= 15 is 0 Å². The van der Waals surface area contributed by atoms with Crippen molar-refractivity contribution in [2.24, 2.45) is 17.8 Å². The van der Waals surface area contributed by atoms with E-state index in [0.717, 1.165) is 116 Å². The molecule has 0 spiro atoms. The molecule has 0 aromatic heterocycles. The lowest BCUT2D eigenvalue weighted by Crippen LogP contribution is -2.23. The van der Waals surface area contributed by atoms with Crippen molar-refractivity contribution in [3.63, 3.8) is 0 Å². The van der Waals surface area contributed by atoms with Crippen LogP contribution in [-0.4, -0.2) is 38.7 Å². The zero-order valence-electron chi connectivity index (χ0n) is 48.8. The van der Waals surface area contributed by atoms with Crippen LogP contribution in [0.3, 0.4) is 0 Å². The smallest absolute Gasteiger partial charge is 0.350 e. The summed E-state index contributed by atoms with van der Waals surface area (Å²) in [7, 11) is -4.66. The van der Waals surface area contributed by atoms with Gasteiger partial charge in [0.05, 0.1) is 0 Å². The molecule has 0 rings (SSSR count). The molecule has 428 valence electrons. The minimum Gasteiger partial charge on any atom is -0.350 e. The number of ether oxygens (including phenoxy) is 3. The molecule has 71 heavy (non-hydrogen) atoms. The van der Waals surface area contributed by atoms with Crippen molar-refractivity contribution in [3.8, 4) is 0 Å². The first-order valence-electron chi connectivity index (χ1n) is 31.0. The van der Waals surface area contributed by atoms with Crippen LogP contribution in [0.15, 0.2) is 0 Å². The second kappa shape index (κ2) is 54.7. The number of unbranched alkanes of at least 4 members (excludes halogenated alkanes) is 30. The Labute approximate surface area is 442 Å². The SMILES string of the molecule is CCCCCCCCCCCC(OCCCCCC(C)C)OOP(=O)(OOC(CCCCCCCCCCC)OCCCCCC(C)C)OOC(CCCCCCCCCCC)OCCCCCC(C)C. The molecule has 0 fully saturated rings. The van der Waals surface area contributed by atoms with Crippen molar-refractivity contribution in [1.29, 1.82) is 0 Å². The van der Waals surface area contributed by atoms with Crippen LogP contribution >= 0.6 is 7.82 Å². The van der Waals surface area contributed by atoms with E-state index in [-0.39, 0.29) is 0 Å². The van der Waals surface area contributed by atoms with Crippen LogP contribution in [0, 0.1) is 17.8 Å². The lowest BCUT2D eigenvalue weighted by atomic mass is 10.1. The van der Waals surface area contributed by atoms with Gasteiger partial charge in [0.1, 0.15) is 0 Å². The topological polar surface area (TPSA) is 100 Å². The zero-order valence-corrected chi connectivity index (χ0v) is 49.7.